The number of hydrogen-bond donors (Lipinski definition) is 2. The van der Waals surface area contributed by atoms with Crippen molar-refractivity contribution >= 4 is 18.0 Å². The number of nitrogens with two attached hydrogens (primary N) is 1. The Morgan fingerprint density at radius 2 is 2.29 bits per heavy atom. The molecule has 110 valence electrons. The number of hydrogen-bond acceptors (Lipinski definition) is 7. The Bertz CT molecular complexity index is 641. The smallest absolute Gasteiger partial charge is 0.286 e. The highest BCUT2D eigenvalue weighted by Gasteiger charge is 2.41. The van der Waals surface area contributed by atoms with E-state index in [0.29, 0.717) is 23.3 Å². The second kappa shape index (κ2) is 5.24. The molecular weight excluding hydrogens is 270 g/mol. The Labute approximate surface area is 122 Å². The van der Waals surface area contributed by atoms with E-state index in [0.717, 1.165) is 13.1 Å². The highest BCUT2D eigenvalue weighted by molar-refractivity contribution is 6.03. The van der Waals surface area contributed by atoms with E-state index in [1.807, 2.05) is 20.2 Å². The molecule has 21 heavy (non-hydrogen) atoms. The molecule has 8 heteroatoms. The Kier molecular flexibility index (Phi) is 3.42. The molecule has 1 aromatic heterocycles. The first kappa shape index (κ1) is 13.7. The van der Waals surface area contributed by atoms with Gasteiger partial charge in [0.15, 0.2) is 11.6 Å². The lowest BCUT2D eigenvalue weighted by atomic mass is 10.4. The van der Waals surface area contributed by atoms with Crippen LogP contribution < -0.4 is 11.2 Å². The van der Waals surface area contributed by atoms with Crippen LogP contribution in [0, 0.1) is 0 Å². The van der Waals surface area contributed by atoms with Crippen molar-refractivity contribution in [2.45, 2.75) is 0 Å². The molecule has 1 unspecified atom stereocenters. The number of nitrogens with one attached hydrogen (secondary N) is 1. The van der Waals surface area contributed by atoms with E-state index in [1.165, 1.54) is 0 Å². The van der Waals surface area contributed by atoms with Crippen molar-refractivity contribution < 1.29 is 9.12 Å². The number of aliphatic imine (C=N–C) groups is 2. The summed E-state index contributed by atoms with van der Waals surface area (Å²) < 4.78 is 5.31. The minimum atomic E-state index is -0.0100. The minimum Gasteiger partial charge on any atom is -0.461 e. The fraction of sp³-hybridized carbons (Fsp3) is 0.308. The largest absolute Gasteiger partial charge is 0.461 e. The molecule has 0 spiro atoms. The van der Waals surface area contributed by atoms with Crippen molar-refractivity contribution in [3.8, 4) is 0 Å². The van der Waals surface area contributed by atoms with E-state index in [4.69, 9.17) is 10.2 Å². The van der Waals surface area contributed by atoms with Gasteiger partial charge in [0.05, 0.1) is 18.9 Å². The van der Waals surface area contributed by atoms with E-state index in [2.05, 4.69) is 25.4 Å². The molecule has 0 saturated carbocycles. The second-order valence-electron chi connectivity index (χ2n) is 5.08. The van der Waals surface area contributed by atoms with Gasteiger partial charge in [-0.2, -0.15) is 9.98 Å². The lowest BCUT2D eigenvalue weighted by Gasteiger charge is -2.25. The third kappa shape index (κ3) is 2.64. The monoisotopic (exact) mass is 288 g/mol. The predicted molar refractivity (Wildman–Crippen MR) is 80.3 cm³/mol. The number of rotatable bonds is 5. The molecule has 1 aromatic rings. The molecule has 0 saturated heterocycles. The van der Waals surface area contributed by atoms with Gasteiger partial charge >= 0.3 is 0 Å². The van der Waals surface area contributed by atoms with Crippen LogP contribution >= 0.6 is 0 Å². The van der Waals surface area contributed by atoms with Crippen molar-refractivity contribution in [3.05, 3.63) is 36.1 Å². The maximum atomic E-state index is 5.83. The predicted octanol–water partition coefficient (Wildman–Crippen LogP) is 0.0783. The number of fused-ring (bicyclic) bond motifs is 1. The van der Waals surface area contributed by atoms with Crippen molar-refractivity contribution in [3.63, 3.8) is 0 Å². The van der Waals surface area contributed by atoms with Gasteiger partial charge in [-0.3, -0.25) is 0 Å². The van der Waals surface area contributed by atoms with Gasteiger partial charge in [0.2, 0.25) is 12.2 Å². The van der Waals surface area contributed by atoms with Gasteiger partial charge in [0.1, 0.15) is 0 Å². The summed E-state index contributed by atoms with van der Waals surface area (Å²) in [5, 5.41) is 4.38. The molecule has 0 aliphatic carbocycles. The summed E-state index contributed by atoms with van der Waals surface area (Å²) in [7, 11) is 4.02. The summed E-state index contributed by atoms with van der Waals surface area (Å²) in [6, 6.07) is 3.61. The Morgan fingerprint density at radius 1 is 1.43 bits per heavy atom. The summed E-state index contributed by atoms with van der Waals surface area (Å²) >= 11 is 0. The molecule has 0 bridgehead atoms. The fourth-order valence-corrected chi connectivity index (χ4v) is 2.09. The van der Waals surface area contributed by atoms with Gasteiger partial charge in [0.25, 0.3) is 5.82 Å². The molecule has 0 amide bonds. The topological polar surface area (TPSA) is 91.5 Å². The first-order valence-corrected chi connectivity index (χ1v) is 6.63. The zero-order valence-corrected chi connectivity index (χ0v) is 12.0. The summed E-state index contributed by atoms with van der Waals surface area (Å²) in [5.41, 5.74) is 9.13. The second-order valence-corrected chi connectivity index (χ2v) is 5.08. The molecule has 2 aliphatic heterocycles. The Morgan fingerprint density at radius 3 is 3.00 bits per heavy atom. The molecule has 0 radical (unpaired) electrons. The van der Waals surface area contributed by atoms with E-state index in [1.54, 1.807) is 24.7 Å². The van der Waals surface area contributed by atoms with Crippen LogP contribution in [0.15, 0.2) is 49.8 Å². The average Bonchev–Trinajstić information content (AvgIpc) is 3.03. The van der Waals surface area contributed by atoms with E-state index in [-0.39, 0.29) is 4.70 Å². The van der Waals surface area contributed by atoms with Crippen LogP contribution in [0.1, 0.15) is 5.76 Å². The molecule has 3 rings (SSSR count). The standard InChI is InChI=1S/C13H18N7O/c1-19(2)6-5-16-20-9-15-13(10-4-3-7-21-10)17-12(20)8-11(14)18-20/h3-4,7-9,16H,5-6H2,1-2H3,(H2,14,18)/q+1. The van der Waals surface area contributed by atoms with Crippen molar-refractivity contribution in [1.29, 1.82) is 0 Å². The molecule has 3 N–H and O–H groups in total. The first-order chi connectivity index (χ1) is 10.1. The van der Waals surface area contributed by atoms with Crippen LogP contribution in [0.3, 0.4) is 0 Å². The van der Waals surface area contributed by atoms with Crippen molar-refractivity contribution in [1.82, 2.24) is 10.3 Å². The SMILES string of the molecule is CN(C)CCN[N+]12C=NC(c3ccco3)=NC1=CC(N)=N2. The molecule has 3 heterocycles. The van der Waals surface area contributed by atoms with E-state index >= 15 is 0 Å². The Hall–Kier alpha value is -2.29. The van der Waals surface area contributed by atoms with Gasteiger partial charge in [-0.15, -0.1) is 5.43 Å². The number of quaternary nitrogens is 1. The average molecular weight is 288 g/mol. The highest BCUT2D eigenvalue weighted by atomic mass is 16.3. The van der Waals surface area contributed by atoms with Crippen LogP contribution in [-0.4, -0.2) is 54.8 Å². The molecule has 1 atom stereocenters. The van der Waals surface area contributed by atoms with Crippen molar-refractivity contribution in [2.75, 3.05) is 27.2 Å². The third-order valence-electron chi connectivity index (χ3n) is 3.12. The maximum absolute atomic E-state index is 5.83. The van der Waals surface area contributed by atoms with Crippen LogP contribution in [0.5, 0.6) is 0 Å². The minimum absolute atomic E-state index is 0.0100. The molecule has 8 nitrogen and oxygen atoms in total. The lowest BCUT2D eigenvalue weighted by Crippen LogP contribution is -2.53. The summed E-state index contributed by atoms with van der Waals surface area (Å²) in [6.45, 7) is 1.59. The molecular formula is C13H18N7O+. The van der Waals surface area contributed by atoms with Crippen LogP contribution in [0.25, 0.3) is 0 Å². The fourth-order valence-electron chi connectivity index (χ4n) is 2.09. The first-order valence-electron chi connectivity index (χ1n) is 6.63. The number of nitrogens with zero attached hydrogens (tertiary/aromatic N) is 5. The number of likely N-dealkylation sites (N-methyl/N-ethyl adjacent to an activating group) is 1. The molecule has 0 aromatic carbocycles. The number of furan rings is 1. The van der Waals surface area contributed by atoms with Gasteiger partial charge in [0, 0.05) is 6.54 Å². The lowest BCUT2D eigenvalue weighted by molar-refractivity contribution is -0.848. The quantitative estimate of drug-likeness (QED) is 0.751. The maximum Gasteiger partial charge on any atom is 0.286 e. The molecule has 2 aliphatic rings. The van der Waals surface area contributed by atoms with Gasteiger partial charge in [-0.1, -0.05) is 0 Å². The normalized spacial score (nSPS) is 23.9. The molecule has 0 fully saturated rings. The zero-order valence-electron chi connectivity index (χ0n) is 12.0. The van der Waals surface area contributed by atoms with Gasteiger partial charge in [-0.05, 0) is 36.0 Å². The Balaban J connectivity index is 1.83. The van der Waals surface area contributed by atoms with E-state index in [9.17, 15) is 0 Å². The highest BCUT2D eigenvalue weighted by Crippen LogP contribution is 2.25. The van der Waals surface area contributed by atoms with Gasteiger partial charge in [-0.25, -0.2) is 0 Å². The summed E-state index contributed by atoms with van der Waals surface area (Å²) in [6.07, 6.45) is 5.00. The van der Waals surface area contributed by atoms with Crippen LogP contribution in [0.4, 0.5) is 0 Å². The van der Waals surface area contributed by atoms with Crippen LogP contribution in [0.2, 0.25) is 0 Å². The number of amidine groups is 2. The zero-order chi connectivity index (χ0) is 14.9. The van der Waals surface area contributed by atoms with E-state index < -0.39 is 0 Å². The third-order valence-corrected chi connectivity index (χ3v) is 3.12. The summed E-state index contributed by atoms with van der Waals surface area (Å²) in [4.78, 5) is 10.9. The van der Waals surface area contributed by atoms with Gasteiger partial charge < -0.3 is 15.1 Å². The summed E-state index contributed by atoms with van der Waals surface area (Å²) in [5.74, 6) is 2.22. The van der Waals surface area contributed by atoms with Crippen molar-refractivity contribution in [2.24, 2.45) is 20.8 Å². The van der Waals surface area contributed by atoms with Crippen LogP contribution in [-0.2, 0) is 0 Å².